The standard InChI is InChI=1S/C12H24N2O3S/c1-3-18(17)11-7-5-4-6-10(11)13-12(16)14(2)8-9-15/h10-11,15H,3-9H2,1-2H3,(H,13,16). The molecular formula is C12H24N2O3S. The summed E-state index contributed by atoms with van der Waals surface area (Å²) in [6, 6.07) is -0.178. The van der Waals surface area contributed by atoms with Crippen LogP contribution in [0, 0.1) is 0 Å². The van der Waals surface area contributed by atoms with E-state index in [1.807, 2.05) is 6.92 Å². The van der Waals surface area contributed by atoms with Gasteiger partial charge in [0.25, 0.3) is 0 Å². The molecule has 1 aliphatic rings. The maximum atomic E-state index is 12.0. The maximum absolute atomic E-state index is 12.0. The Morgan fingerprint density at radius 3 is 2.72 bits per heavy atom. The van der Waals surface area contributed by atoms with Crippen molar-refractivity contribution >= 4 is 16.8 Å². The molecule has 2 N–H and O–H groups in total. The van der Waals surface area contributed by atoms with Crippen molar-refractivity contribution in [3.8, 4) is 0 Å². The van der Waals surface area contributed by atoms with Gasteiger partial charge in [0.1, 0.15) is 0 Å². The number of aliphatic hydroxyl groups is 1. The van der Waals surface area contributed by atoms with E-state index in [2.05, 4.69) is 5.32 Å². The third-order valence-electron chi connectivity index (χ3n) is 3.42. The van der Waals surface area contributed by atoms with Crippen molar-refractivity contribution in [2.45, 2.75) is 43.9 Å². The van der Waals surface area contributed by atoms with Gasteiger partial charge in [-0.25, -0.2) is 4.79 Å². The van der Waals surface area contributed by atoms with E-state index in [-0.39, 0.29) is 23.9 Å². The Labute approximate surface area is 111 Å². The molecule has 1 rings (SSSR count). The van der Waals surface area contributed by atoms with Gasteiger partial charge in [-0.1, -0.05) is 19.8 Å². The highest BCUT2D eigenvalue weighted by molar-refractivity contribution is 7.85. The van der Waals surface area contributed by atoms with Crippen LogP contribution in [-0.2, 0) is 10.8 Å². The summed E-state index contributed by atoms with van der Waals surface area (Å²) in [5.41, 5.74) is 0. The third-order valence-corrected chi connectivity index (χ3v) is 5.22. The number of hydrogen-bond acceptors (Lipinski definition) is 3. The SMILES string of the molecule is CCS(=O)C1CCCCC1NC(=O)N(C)CCO. The van der Waals surface area contributed by atoms with E-state index in [9.17, 15) is 9.00 Å². The molecule has 0 aromatic rings. The molecule has 0 aromatic heterocycles. The van der Waals surface area contributed by atoms with Crippen LogP contribution in [0.4, 0.5) is 4.79 Å². The predicted molar refractivity (Wildman–Crippen MR) is 73.0 cm³/mol. The number of rotatable bonds is 5. The first-order valence-corrected chi connectivity index (χ1v) is 7.98. The number of hydrogen-bond donors (Lipinski definition) is 2. The molecule has 18 heavy (non-hydrogen) atoms. The number of nitrogens with one attached hydrogen (secondary N) is 1. The second-order valence-electron chi connectivity index (χ2n) is 4.69. The van der Waals surface area contributed by atoms with Crippen molar-refractivity contribution in [2.75, 3.05) is 26.0 Å². The van der Waals surface area contributed by atoms with E-state index in [1.54, 1.807) is 7.05 Å². The molecule has 2 amide bonds. The van der Waals surface area contributed by atoms with Gasteiger partial charge >= 0.3 is 6.03 Å². The molecule has 6 heteroatoms. The van der Waals surface area contributed by atoms with Crippen LogP contribution >= 0.6 is 0 Å². The summed E-state index contributed by atoms with van der Waals surface area (Å²) in [6.45, 7) is 2.19. The molecule has 3 unspecified atom stereocenters. The number of amides is 2. The summed E-state index contributed by atoms with van der Waals surface area (Å²) >= 11 is 0. The summed E-state index contributed by atoms with van der Waals surface area (Å²) < 4.78 is 12.0. The first-order chi connectivity index (χ1) is 8.60. The van der Waals surface area contributed by atoms with Gasteiger partial charge in [-0.05, 0) is 12.8 Å². The van der Waals surface area contributed by atoms with Crippen LogP contribution in [0.3, 0.4) is 0 Å². The first kappa shape index (κ1) is 15.4. The molecule has 0 aromatic carbocycles. The van der Waals surface area contributed by atoms with Gasteiger partial charge in [0.05, 0.1) is 11.9 Å². The molecule has 0 radical (unpaired) electrons. The fourth-order valence-electron chi connectivity index (χ4n) is 2.31. The van der Waals surface area contributed by atoms with Crippen LogP contribution in [0.25, 0.3) is 0 Å². The molecule has 1 saturated carbocycles. The third kappa shape index (κ3) is 4.24. The molecule has 0 spiro atoms. The normalized spacial score (nSPS) is 25.5. The second-order valence-corrected chi connectivity index (χ2v) is 6.64. The van der Waals surface area contributed by atoms with E-state index in [0.29, 0.717) is 12.3 Å². The molecule has 0 saturated heterocycles. The highest BCUT2D eigenvalue weighted by Gasteiger charge is 2.30. The van der Waals surface area contributed by atoms with E-state index in [0.717, 1.165) is 25.7 Å². The highest BCUT2D eigenvalue weighted by atomic mass is 32.2. The van der Waals surface area contributed by atoms with Crippen LogP contribution in [0.5, 0.6) is 0 Å². The molecule has 1 aliphatic carbocycles. The van der Waals surface area contributed by atoms with Crippen molar-refractivity contribution in [3.05, 3.63) is 0 Å². The van der Waals surface area contributed by atoms with Crippen molar-refractivity contribution in [1.29, 1.82) is 0 Å². The van der Waals surface area contributed by atoms with Gasteiger partial charge in [0.2, 0.25) is 0 Å². The average Bonchev–Trinajstić information content (AvgIpc) is 2.38. The van der Waals surface area contributed by atoms with Gasteiger partial charge in [-0.15, -0.1) is 0 Å². The quantitative estimate of drug-likeness (QED) is 0.776. The minimum atomic E-state index is -0.860. The highest BCUT2D eigenvalue weighted by Crippen LogP contribution is 2.23. The summed E-state index contributed by atoms with van der Waals surface area (Å²) in [6.07, 6.45) is 3.99. The number of urea groups is 1. The number of nitrogens with zero attached hydrogens (tertiary/aromatic N) is 1. The van der Waals surface area contributed by atoms with Crippen molar-refractivity contribution in [1.82, 2.24) is 10.2 Å². The monoisotopic (exact) mass is 276 g/mol. The Balaban J connectivity index is 2.56. The Morgan fingerprint density at radius 2 is 2.11 bits per heavy atom. The van der Waals surface area contributed by atoms with E-state index >= 15 is 0 Å². The molecule has 106 valence electrons. The fourth-order valence-corrected chi connectivity index (χ4v) is 3.74. The fraction of sp³-hybridized carbons (Fsp3) is 0.917. The van der Waals surface area contributed by atoms with E-state index in [1.165, 1.54) is 4.90 Å². The molecule has 1 fully saturated rings. The summed E-state index contributed by atoms with van der Waals surface area (Å²) in [5, 5.41) is 11.8. The first-order valence-electron chi connectivity index (χ1n) is 6.59. The van der Waals surface area contributed by atoms with Crippen LogP contribution < -0.4 is 5.32 Å². The van der Waals surface area contributed by atoms with Gasteiger partial charge in [-0.2, -0.15) is 0 Å². The van der Waals surface area contributed by atoms with Gasteiger partial charge < -0.3 is 15.3 Å². The molecule has 3 atom stereocenters. The second kappa shape index (κ2) is 7.74. The van der Waals surface area contributed by atoms with Crippen LogP contribution in [0.1, 0.15) is 32.6 Å². The lowest BCUT2D eigenvalue weighted by Gasteiger charge is -2.32. The molecule has 0 heterocycles. The Hall–Kier alpha value is -0.620. The van der Waals surface area contributed by atoms with Gasteiger partial charge in [0, 0.05) is 36.2 Å². The number of likely N-dealkylation sites (N-methyl/N-ethyl adjacent to an activating group) is 1. The Kier molecular flexibility index (Phi) is 6.63. The smallest absolute Gasteiger partial charge is 0.317 e. The Bertz CT molecular complexity index is 299. The van der Waals surface area contributed by atoms with Crippen molar-refractivity contribution in [2.24, 2.45) is 0 Å². The summed E-state index contributed by atoms with van der Waals surface area (Å²) in [5.74, 6) is 0.642. The Morgan fingerprint density at radius 1 is 1.44 bits per heavy atom. The lowest BCUT2D eigenvalue weighted by molar-refractivity contribution is 0.184. The maximum Gasteiger partial charge on any atom is 0.317 e. The summed E-state index contributed by atoms with van der Waals surface area (Å²) in [4.78, 5) is 13.3. The zero-order valence-corrected chi connectivity index (χ0v) is 12.0. The molecule has 5 nitrogen and oxygen atoms in total. The van der Waals surface area contributed by atoms with Gasteiger partial charge in [0.15, 0.2) is 0 Å². The minimum absolute atomic E-state index is 0.00757. The molecular weight excluding hydrogens is 252 g/mol. The lowest BCUT2D eigenvalue weighted by Crippen LogP contribution is -2.51. The van der Waals surface area contributed by atoms with E-state index < -0.39 is 10.8 Å². The summed E-state index contributed by atoms with van der Waals surface area (Å²) in [7, 11) is 0.793. The largest absolute Gasteiger partial charge is 0.395 e. The average molecular weight is 276 g/mol. The number of carbonyl (C=O) groups excluding carboxylic acids is 1. The molecule has 0 bridgehead atoms. The zero-order valence-electron chi connectivity index (χ0n) is 11.2. The number of carbonyl (C=O) groups is 1. The van der Waals surface area contributed by atoms with Crippen LogP contribution in [0.15, 0.2) is 0 Å². The van der Waals surface area contributed by atoms with Crippen molar-refractivity contribution in [3.63, 3.8) is 0 Å². The van der Waals surface area contributed by atoms with Crippen LogP contribution in [-0.4, -0.2) is 57.5 Å². The van der Waals surface area contributed by atoms with Gasteiger partial charge in [-0.3, -0.25) is 4.21 Å². The van der Waals surface area contributed by atoms with E-state index in [4.69, 9.17) is 5.11 Å². The lowest BCUT2D eigenvalue weighted by atomic mass is 9.95. The number of aliphatic hydroxyl groups excluding tert-OH is 1. The minimum Gasteiger partial charge on any atom is -0.395 e. The van der Waals surface area contributed by atoms with Crippen molar-refractivity contribution < 1.29 is 14.1 Å². The predicted octanol–water partition coefficient (Wildman–Crippen LogP) is 0.700. The topological polar surface area (TPSA) is 69.6 Å². The zero-order chi connectivity index (χ0) is 13.5. The van der Waals surface area contributed by atoms with Crippen LogP contribution in [0.2, 0.25) is 0 Å². The molecule has 0 aliphatic heterocycles.